The van der Waals surface area contributed by atoms with Gasteiger partial charge in [0.25, 0.3) is 0 Å². The molecule has 0 unspecified atom stereocenters. The van der Waals surface area contributed by atoms with Crippen molar-refractivity contribution in [2.75, 3.05) is 37.7 Å². The zero-order valence-corrected chi connectivity index (χ0v) is 14.0. The number of likely N-dealkylation sites (N-methyl/N-ethyl adjacent to an activating group) is 1. The molecule has 1 rings (SSSR count). The van der Waals surface area contributed by atoms with Crippen molar-refractivity contribution in [1.82, 2.24) is 5.32 Å². The Bertz CT molecular complexity index is 424. The lowest BCUT2D eigenvalue weighted by Gasteiger charge is -2.26. The molecule has 0 aliphatic heterocycles. The van der Waals surface area contributed by atoms with Crippen LogP contribution < -0.4 is 15.0 Å². The van der Waals surface area contributed by atoms with Crippen LogP contribution in [0.4, 0.5) is 5.69 Å². The van der Waals surface area contributed by atoms with Crippen LogP contribution in [0.3, 0.4) is 0 Å². The molecule has 0 aromatic heterocycles. The topological polar surface area (TPSA) is 65.0 Å². The molecular weight excluding hydrogens is 280 g/mol. The molecule has 0 saturated carbocycles. The van der Waals surface area contributed by atoms with E-state index in [0.717, 1.165) is 43.1 Å². The van der Waals surface area contributed by atoms with E-state index in [4.69, 9.17) is 9.84 Å². The maximum Gasteiger partial charge on any atom is 0.143 e. The second-order valence-electron chi connectivity index (χ2n) is 5.53. The standard InChI is InChI=1S/C17H30N2O3/c1-4-19(9-11-21)16-7-6-15(13-18-8-5-10-20)12-17(16)22-14(2)3/h6-7,12,14,18,20-21H,4-5,8-11,13H2,1-3H3. The maximum atomic E-state index is 9.21. The van der Waals surface area contributed by atoms with Gasteiger partial charge in [-0.05, 0) is 51.4 Å². The molecule has 1 aromatic rings. The van der Waals surface area contributed by atoms with Crippen molar-refractivity contribution in [2.45, 2.75) is 39.8 Å². The highest BCUT2D eigenvalue weighted by Crippen LogP contribution is 2.30. The Hall–Kier alpha value is -1.30. The SMILES string of the molecule is CCN(CCO)c1ccc(CNCCCO)cc1OC(C)C. The number of aliphatic hydroxyl groups is 2. The van der Waals surface area contributed by atoms with E-state index in [1.165, 1.54) is 0 Å². The number of hydrogen-bond donors (Lipinski definition) is 3. The molecule has 0 radical (unpaired) electrons. The average Bonchev–Trinajstić information content (AvgIpc) is 2.49. The third-order valence-corrected chi connectivity index (χ3v) is 3.32. The van der Waals surface area contributed by atoms with Crippen LogP contribution in [-0.2, 0) is 6.54 Å². The van der Waals surface area contributed by atoms with Crippen molar-refractivity contribution in [2.24, 2.45) is 0 Å². The molecule has 0 heterocycles. The number of nitrogens with one attached hydrogen (secondary N) is 1. The van der Waals surface area contributed by atoms with Gasteiger partial charge in [-0.25, -0.2) is 0 Å². The number of rotatable bonds is 11. The number of anilines is 1. The summed E-state index contributed by atoms with van der Waals surface area (Å²) in [4.78, 5) is 2.11. The number of ether oxygens (including phenoxy) is 1. The van der Waals surface area contributed by atoms with Gasteiger partial charge in [-0.1, -0.05) is 6.07 Å². The molecule has 0 spiro atoms. The number of aliphatic hydroxyl groups excluding tert-OH is 2. The zero-order chi connectivity index (χ0) is 16.4. The number of benzene rings is 1. The third kappa shape index (κ3) is 6.22. The minimum Gasteiger partial charge on any atom is -0.489 e. The van der Waals surface area contributed by atoms with Gasteiger partial charge in [-0.2, -0.15) is 0 Å². The lowest BCUT2D eigenvalue weighted by molar-refractivity contribution is 0.242. The highest BCUT2D eigenvalue weighted by atomic mass is 16.5. The van der Waals surface area contributed by atoms with Crippen molar-refractivity contribution in [3.05, 3.63) is 23.8 Å². The molecular formula is C17H30N2O3. The molecule has 0 bridgehead atoms. The van der Waals surface area contributed by atoms with Crippen molar-refractivity contribution >= 4 is 5.69 Å². The first kappa shape index (κ1) is 18.7. The number of nitrogens with zero attached hydrogens (tertiary/aromatic N) is 1. The largest absolute Gasteiger partial charge is 0.489 e. The summed E-state index contributed by atoms with van der Waals surface area (Å²) in [5, 5.41) is 21.3. The summed E-state index contributed by atoms with van der Waals surface area (Å²) in [6, 6.07) is 6.19. The average molecular weight is 310 g/mol. The minimum atomic E-state index is 0.101. The van der Waals surface area contributed by atoms with Gasteiger partial charge in [-0.15, -0.1) is 0 Å². The van der Waals surface area contributed by atoms with Crippen LogP contribution >= 0.6 is 0 Å². The summed E-state index contributed by atoms with van der Waals surface area (Å²) in [6.07, 6.45) is 0.859. The van der Waals surface area contributed by atoms with E-state index in [9.17, 15) is 5.11 Å². The fourth-order valence-electron chi connectivity index (χ4n) is 2.28. The Kier molecular flexibility index (Phi) is 8.89. The monoisotopic (exact) mass is 310 g/mol. The summed E-state index contributed by atoms with van der Waals surface area (Å²) in [5.41, 5.74) is 2.17. The zero-order valence-electron chi connectivity index (χ0n) is 14.0. The van der Waals surface area contributed by atoms with E-state index in [1.54, 1.807) is 0 Å². The normalized spacial score (nSPS) is 11.0. The Labute approximate surface area is 133 Å². The Balaban J connectivity index is 2.87. The van der Waals surface area contributed by atoms with Gasteiger partial charge in [0.05, 0.1) is 18.4 Å². The molecule has 22 heavy (non-hydrogen) atoms. The molecule has 0 amide bonds. The van der Waals surface area contributed by atoms with Gasteiger partial charge < -0.3 is 25.2 Å². The first-order valence-electron chi connectivity index (χ1n) is 8.09. The second kappa shape index (κ2) is 10.4. The quantitative estimate of drug-likeness (QED) is 0.544. The van der Waals surface area contributed by atoms with Crippen LogP contribution in [0.2, 0.25) is 0 Å². The molecule has 1 aromatic carbocycles. The van der Waals surface area contributed by atoms with Gasteiger partial charge in [0.15, 0.2) is 0 Å². The lowest BCUT2D eigenvalue weighted by atomic mass is 10.1. The summed E-state index contributed by atoms with van der Waals surface area (Å²) in [7, 11) is 0. The fourth-order valence-corrected chi connectivity index (χ4v) is 2.28. The lowest BCUT2D eigenvalue weighted by Crippen LogP contribution is -2.27. The maximum absolute atomic E-state index is 9.21. The Morgan fingerprint density at radius 3 is 2.59 bits per heavy atom. The third-order valence-electron chi connectivity index (χ3n) is 3.32. The minimum absolute atomic E-state index is 0.101. The van der Waals surface area contributed by atoms with Crippen molar-refractivity contribution < 1.29 is 14.9 Å². The molecule has 0 atom stereocenters. The highest BCUT2D eigenvalue weighted by molar-refractivity contribution is 5.60. The summed E-state index contributed by atoms with van der Waals surface area (Å²) in [6.45, 7) is 9.39. The van der Waals surface area contributed by atoms with E-state index >= 15 is 0 Å². The van der Waals surface area contributed by atoms with E-state index in [2.05, 4.69) is 35.3 Å². The molecule has 0 fully saturated rings. The number of hydrogen-bond acceptors (Lipinski definition) is 5. The first-order chi connectivity index (χ1) is 10.6. The van der Waals surface area contributed by atoms with Crippen LogP contribution in [-0.4, -0.2) is 49.2 Å². The molecule has 3 N–H and O–H groups in total. The van der Waals surface area contributed by atoms with Gasteiger partial charge in [-0.3, -0.25) is 0 Å². The highest BCUT2D eigenvalue weighted by Gasteiger charge is 2.12. The van der Waals surface area contributed by atoms with Crippen molar-refractivity contribution in [3.63, 3.8) is 0 Å². The van der Waals surface area contributed by atoms with Gasteiger partial charge in [0.2, 0.25) is 0 Å². The molecule has 0 saturated heterocycles. The fraction of sp³-hybridized carbons (Fsp3) is 0.647. The van der Waals surface area contributed by atoms with Gasteiger partial charge >= 0.3 is 0 Å². The first-order valence-corrected chi connectivity index (χ1v) is 8.09. The van der Waals surface area contributed by atoms with E-state index in [-0.39, 0.29) is 19.3 Å². The Morgan fingerprint density at radius 1 is 1.23 bits per heavy atom. The van der Waals surface area contributed by atoms with Gasteiger partial charge in [0.1, 0.15) is 5.75 Å². The van der Waals surface area contributed by atoms with Crippen molar-refractivity contribution in [1.29, 1.82) is 0 Å². The summed E-state index contributed by atoms with van der Waals surface area (Å²) in [5.74, 6) is 0.853. The van der Waals surface area contributed by atoms with E-state index in [1.807, 2.05) is 13.8 Å². The molecule has 0 aliphatic carbocycles. The molecule has 5 nitrogen and oxygen atoms in total. The van der Waals surface area contributed by atoms with Crippen LogP contribution in [0.25, 0.3) is 0 Å². The molecule has 0 aliphatic rings. The Morgan fingerprint density at radius 2 is 2.00 bits per heavy atom. The molecule has 5 heteroatoms. The van der Waals surface area contributed by atoms with Crippen LogP contribution in [0, 0.1) is 0 Å². The van der Waals surface area contributed by atoms with E-state index < -0.39 is 0 Å². The molecule has 126 valence electrons. The summed E-state index contributed by atoms with van der Waals surface area (Å²) < 4.78 is 5.95. The summed E-state index contributed by atoms with van der Waals surface area (Å²) >= 11 is 0. The van der Waals surface area contributed by atoms with Crippen LogP contribution in [0.1, 0.15) is 32.8 Å². The van der Waals surface area contributed by atoms with Crippen LogP contribution in [0.5, 0.6) is 5.75 Å². The van der Waals surface area contributed by atoms with Crippen molar-refractivity contribution in [3.8, 4) is 5.75 Å². The van der Waals surface area contributed by atoms with E-state index in [0.29, 0.717) is 6.54 Å². The van der Waals surface area contributed by atoms with Crippen LogP contribution in [0.15, 0.2) is 18.2 Å². The second-order valence-corrected chi connectivity index (χ2v) is 5.53. The van der Waals surface area contributed by atoms with Gasteiger partial charge in [0, 0.05) is 26.2 Å². The smallest absolute Gasteiger partial charge is 0.143 e. The predicted octanol–water partition coefficient (Wildman–Crippen LogP) is 1.76. The predicted molar refractivity (Wildman–Crippen MR) is 90.6 cm³/mol.